The molecule has 1 heterocycles. The van der Waals surface area contributed by atoms with Crippen LogP contribution in [0.15, 0.2) is 40.9 Å². The quantitative estimate of drug-likeness (QED) is 0.730. The van der Waals surface area contributed by atoms with Crippen LogP contribution in [0, 0.1) is 5.92 Å². The maximum Gasteiger partial charge on any atom is 0.151 e. The SMILES string of the molecule is ClCc1cc([C@H](c2ccccc2)C2CCCCC2)no1. The molecule has 1 atom stereocenters. The van der Waals surface area contributed by atoms with Crippen LogP contribution in [0.25, 0.3) is 0 Å². The zero-order valence-electron chi connectivity index (χ0n) is 11.6. The van der Waals surface area contributed by atoms with Crippen molar-refractivity contribution in [2.45, 2.75) is 43.9 Å². The van der Waals surface area contributed by atoms with E-state index in [1.54, 1.807) is 0 Å². The second-order valence-corrected chi connectivity index (χ2v) is 5.91. The first kappa shape index (κ1) is 13.7. The summed E-state index contributed by atoms with van der Waals surface area (Å²) in [5, 5.41) is 4.28. The highest BCUT2D eigenvalue weighted by Gasteiger charge is 2.28. The molecule has 1 aromatic heterocycles. The summed E-state index contributed by atoms with van der Waals surface area (Å²) in [5.41, 5.74) is 2.38. The Morgan fingerprint density at radius 1 is 1.15 bits per heavy atom. The average molecular weight is 290 g/mol. The molecule has 0 unspecified atom stereocenters. The number of halogens is 1. The van der Waals surface area contributed by atoms with Crippen LogP contribution in [-0.2, 0) is 5.88 Å². The van der Waals surface area contributed by atoms with Crippen LogP contribution in [0.4, 0.5) is 0 Å². The van der Waals surface area contributed by atoms with Crippen molar-refractivity contribution in [2.75, 3.05) is 0 Å². The van der Waals surface area contributed by atoms with Gasteiger partial charge in [-0.05, 0) is 24.3 Å². The lowest BCUT2D eigenvalue weighted by Gasteiger charge is -2.29. The van der Waals surface area contributed by atoms with E-state index in [9.17, 15) is 0 Å². The smallest absolute Gasteiger partial charge is 0.151 e. The molecule has 0 bridgehead atoms. The van der Waals surface area contributed by atoms with Gasteiger partial charge < -0.3 is 4.52 Å². The fourth-order valence-electron chi connectivity index (χ4n) is 3.35. The summed E-state index contributed by atoms with van der Waals surface area (Å²) >= 11 is 5.84. The number of rotatable bonds is 4. The Hall–Kier alpha value is -1.28. The van der Waals surface area contributed by atoms with Gasteiger partial charge in [-0.2, -0.15) is 0 Å². The molecule has 0 N–H and O–H groups in total. The van der Waals surface area contributed by atoms with Gasteiger partial charge >= 0.3 is 0 Å². The van der Waals surface area contributed by atoms with Gasteiger partial charge in [0.05, 0.1) is 11.6 Å². The first-order valence-electron chi connectivity index (χ1n) is 7.45. The third-order valence-electron chi connectivity index (χ3n) is 4.31. The topological polar surface area (TPSA) is 26.0 Å². The number of alkyl halides is 1. The molecule has 1 aliphatic carbocycles. The molecule has 0 amide bonds. The van der Waals surface area contributed by atoms with E-state index in [-0.39, 0.29) is 0 Å². The number of nitrogens with zero attached hydrogens (tertiary/aromatic N) is 1. The maximum absolute atomic E-state index is 5.84. The number of hydrogen-bond acceptors (Lipinski definition) is 2. The molecule has 0 spiro atoms. The first-order chi connectivity index (χ1) is 9.88. The Morgan fingerprint density at radius 2 is 1.90 bits per heavy atom. The zero-order chi connectivity index (χ0) is 13.8. The van der Waals surface area contributed by atoms with Crippen molar-refractivity contribution in [1.82, 2.24) is 5.16 Å². The minimum Gasteiger partial charge on any atom is -0.360 e. The Kier molecular flexibility index (Phi) is 4.41. The molecule has 1 fully saturated rings. The van der Waals surface area contributed by atoms with Crippen molar-refractivity contribution in [3.05, 3.63) is 53.4 Å². The molecular formula is C17H20ClNO. The first-order valence-corrected chi connectivity index (χ1v) is 7.98. The molecule has 0 saturated heterocycles. The van der Waals surface area contributed by atoms with Crippen molar-refractivity contribution in [1.29, 1.82) is 0 Å². The van der Waals surface area contributed by atoms with Crippen LogP contribution in [0.3, 0.4) is 0 Å². The largest absolute Gasteiger partial charge is 0.360 e. The fraction of sp³-hybridized carbons (Fsp3) is 0.471. The molecule has 2 aromatic rings. The van der Waals surface area contributed by atoms with Gasteiger partial charge in [0.1, 0.15) is 0 Å². The second kappa shape index (κ2) is 6.45. The van der Waals surface area contributed by atoms with Crippen LogP contribution in [-0.4, -0.2) is 5.16 Å². The van der Waals surface area contributed by atoms with Gasteiger partial charge in [-0.1, -0.05) is 54.8 Å². The summed E-state index contributed by atoms with van der Waals surface area (Å²) in [5.74, 6) is 2.16. The van der Waals surface area contributed by atoms with Crippen LogP contribution in [0.2, 0.25) is 0 Å². The Balaban J connectivity index is 1.94. The zero-order valence-corrected chi connectivity index (χ0v) is 12.4. The average Bonchev–Trinajstić information content (AvgIpc) is 2.98. The highest BCUT2D eigenvalue weighted by atomic mass is 35.5. The second-order valence-electron chi connectivity index (χ2n) is 5.64. The lowest BCUT2D eigenvalue weighted by atomic mass is 9.75. The highest BCUT2D eigenvalue weighted by Crippen LogP contribution is 2.40. The van der Waals surface area contributed by atoms with Gasteiger partial charge in [-0.25, -0.2) is 0 Å². The number of hydrogen-bond donors (Lipinski definition) is 0. The molecule has 1 saturated carbocycles. The number of benzene rings is 1. The van der Waals surface area contributed by atoms with Crippen molar-refractivity contribution < 1.29 is 4.52 Å². The standard InChI is InChI=1S/C17H20ClNO/c18-12-15-11-16(19-20-15)17(13-7-3-1-4-8-13)14-9-5-2-6-10-14/h1,3-4,7-8,11,14,17H,2,5-6,9-10,12H2/t17-/m1/s1. The van der Waals surface area contributed by atoms with Gasteiger partial charge in [0.15, 0.2) is 5.76 Å². The lowest BCUT2D eigenvalue weighted by Crippen LogP contribution is -2.17. The molecule has 1 aromatic carbocycles. The van der Waals surface area contributed by atoms with Crippen LogP contribution < -0.4 is 0 Å². The monoisotopic (exact) mass is 289 g/mol. The van der Waals surface area contributed by atoms with E-state index in [0.29, 0.717) is 17.7 Å². The third kappa shape index (κ3) is 2.90. The van der Waals surface area contributed by atoms with E-state index in [1.165, 1.54) is 37.7 Å². The van der Waals surface area contributed by atoms with Gasteiger partial charge in [0.25, 0.3) is 0 Å². The van der Waals surface area contributed by atoms with Crippen LogP contribution in [0.1, 0.15) is 55.0 Å². The summed E-state index contributed by atoms with van der Waals surface area (Å²) < 4.78 is 5.33. The molecule has 20 heavy (non-hydrogen) atoms. The molecule has 1 aliphatic rings. The molecular weight excluding hydrogens is 270 g/mol. The predicted octanol–water partition coefficient (Wildman–Crippen LogP) is 5.13. The van der Waals surface area contributed by atoms with Gasteiger partial charge in [0, 0.05) is 12.0 Å². The molecule has 0 radical (unpaired) electrons. The Morgan fingerprint density at radius 3 is 2.55 bits per heavy atom. The third-order valence-corrected chi connectivity index (χ3v) is 4.57. The van der Waals surface area contributed by atoms with Crippen molar-refractivity contribution in [3.8, 4) is 0 Å². The van der Waals surface area contributed by atoms with E-state index in [2.05, 4.69) is 35.5 Å². The van der Waals surface area contributed by atoms with Gasteiger partial charge in [0.2, 0.25) is 0 Å². The molecule has 2 nitrogen and oxygen atoms in total. The van der Waals surface area contributed by atoms with Gasteiger partial charge in [-0.15, -0.1) is 11.6 Å². The highest BCUT2D eigenvalue weighted by molar-refractivity contribution is 6.16. The van der Waals surface area contributed by atoms with Crippen LogP contribution in [0.5, 0.6) is 0 Å². The lowest BCUT2D eigenvalue weighted by molar-refractivity contribution is 0.312. The minimum absolute atomic E-state index is 0.345. The van der Waals surface area contributed by atoms with E-state index in [4.69, 9.17) is 16.1 Å². The molecule has 0 aliphatic heterocycles. The van der Waals surface area contributed by atoms with E-state index >= 15 is 0 Å². The van der Waals surface area contributed by atoms with E-state index < -0.39 is 0 Å². The van der Waals surface area contributed by atoms with Crippen LogP contribution >= 0.6 is 11.6 Å². The molecule has 3 rings (SSSR count). The van der Waals surface area contributed by atoms with E-state index in [0.717, 1.165) is 11.5 Å². The predicted molar refractivity (Wildman–Crippen MR) is 80.9 cm³/mol. The normalized spacial score (nSPS) is 18.1. The molecule has 3 heteroatoms. The van der Waals surface area contributed by atoms with E-state index in [1.807, 2.05) is 6.07 Å². The Labute approximate surface area is 125 Å². The summed E-state index contributed by atoms with van der Waals surface area (Å²) in [7, 11) is 0. The fourth-order valence-corrected chi connectivity index (χ4v) is 3.48. The summed E-state index contributed by atoms with van der Waals surface area (Å²) in [6, 6.07) is 12.7. The van der Waals surface area contributed by atoms with Crippen molar-refractivity contribution >= 4 is 11.6 Å². The van der Waals surface area contributed by atoms with Crippen molar-refractivity contribution in [2.24, 2.45) is 5.92 Å². The molecule has 106 valence electrons. The number of aromatic nitrogens is 1. The summed E-state index contributed by atoms with van der Waals surface area (Å²) in [4.78, 5) is 0. The summed E-state index contributed by atoms with van der Waals surface area (Å²) in [6.45, 7) is 0. The maximum atomic E-state index is 5.84. The summed E-state index contributed by atoms with van der Waals surface area (Å²) in [6.07, 6.45) is 6.58. The minimum atomic E-state index is 0.345. The van der Waals surface area contributed by atoms with Crippen molar-refractivity contribution in [3.63, 3.8) is 0 Å². The van der Waals surface area contributed by atoms with Gasteiger partial charge in [-0.3, -0.25) is 0 Å². The Bertz CT molecular complexity index is 531.